The van der Waals surface area contributed by atoms with Crippen LogP contribution in [0.2, 0.25) is 0 Å². The zero-order valence-corrected chi connectivity index (χ0v) is 20.7. The van der Waals surface area contributed by atoms with E-state index in [9.17, 15) is 30.0 Å². The summed E-state index contributed by atoms with van der Waals surface area (Å²) in [4.78, 5) is 34.4. The molecule has 4 unspecified atom stereocenters. The summed E-state index contributed by atoms with van der Waals surface area (Å²) in [6, 6.07) is 4.68. The van der Waals surface area contributed by atoms with E-state index < -0.39 is 35.4 Å². The lowest BCUT2D eigenvalue weighted by molar-refractivity contribution is -0.374. The summed E-state index contributed by atoms with van der Waals surface area (Å²) < 4.78 is 3.37. The molecule has 4 atom stereocenters. The van der Waals surface area contributed by atoms with Crippen molar-refractivity contribution < 1.29 is 25.2 Å². The van der Waals surface area contributed by atoms with Crippen molar-refractivity contribution in [2.45, 2.75) is 63.3 Å². The number of aliphatic hydroxyl groups excluding tert-OH is 1. The Bertz CT molecular complexity index is 1670. The van der Waals surface area contributed by atoms with Gasteiger partial charge in [0.25, 0.3) is 0 Å². The Kier molecular flexibility index (Phi) is 5.20. The molecule has 6 rings (SSSR count). The van der Waals surface area contributed by atoms with Gasteiger partial charge in [0.15, 0.2) is 5.65 Å². The molecule has 14 heteroatoms. The van der Waals surface area contributed by atoms with Gasteiger partial charge in [0.1, 0.15) is 17.2 Å². The van der Waals surface area contributed by atoms with E-state index >= 15 is 0 Å². The van der Waals surface area contributed by atoms with Crippen LogP contribution in [0.25, 0.3) is 22.1 Å². The predicted octanol–water partition coefficient (Wildman–Crippen LogP) is -0.154. The average molecular weight is 525 g/mol. The molecule has 2 fully saturated rings. The minimum absolute atomic E-state index is 0.00215. The predicted molar refractivity (Wildman–Crippen MR) is 134 cm³/mol. The third kappa shape index (κ3) is 3.52. The molecule has 0 aromatic carbocycles. The number of nitrogens with two attached hydrogens (primary N) is 1. The van der Waals surface area contributed by atoms with Crippen molar-refractivity contribution in [1.82, 2.24) is 28.9 Å². The number of pyridine rings is 2. The molecule has 0 saturated heterocycles. The number of aromatic nitrogens is 6. The maximum absolute atomic E-state index is 13.1. The molecular formula is C24H28N8O6. The third-order valence-corrected chi connectivity index (χ3v) is 7.85. The minimum atomic E-state index is -3.44. The smallest absolute Gasteiger partial charge is 0.377 e. The Labute approximate surface area is 215 Å². The first-order valence-corrected chi connectivity index (χ1v) is 12.3. The number of nitrogens with one attached hydrogen (secondary N) is 1. The minimum Gasteiger partial charge on any atom is -0.393 e. The number of primary amides is 1. The Morgan fingerprint density at radius 2 is 1.95 bits per heavy atom. The third-order valence-electron chi connectivity index (χ3n) is 7.85. The van der Waals surface area contributed by atoms with Gasteiger partial charge in [0, 0.05) is 17.5 Å². The van der Waals surface area contributed by atoms with Crippen LogP contribution in [-0.2, 0) is 16.4 Å². The highest BCUT2D eigenvalue weighted by molar-refractivity contribution is 5.90. The second kappa shape index (κ2) is 8.07. The van der Waals surface area contributed by atoms with Crippen molar-refractivity contribution in [2.24, 2.45) is 11.7 Å². The van der Waals surface area contributed by atoms with Crippen LogP contribution < -0.4 is 16.7 Å². The highest BCUT2D eigenvalue weighted by Gasteiger charge is 2.60. The molecule has 14 nitrogen and oxygen atoms in total. The van der Waals surface area contributed by atoms with Gasteiger partial charge in [0.2, 0.25) is 5.91 Å². The summed E-state index contributed by atoms with van der Waals surface area (Å²) in [5.74, 6) is 0.245. The summed E-state index contributed by atoms with van der Waals surface area (Å²) in [5, 5.41) is 48.0. The summed E-state index contributed by atoms with van der Waals surface area (Å²) in [5.41, 5.74) is 5.45. The number of rotatable bonds is 6. The summed E-state index contributed by atoms with van der Waals surface area (Å²) >= 11 is 0. The molecular weight excluding hydrogens is 496 g/mol. The van der Waals surface area contributed by atoms with Crippen LogP contribution in [0.5, 0.6) is 0 Å². The average Bonchev–Trinajstić information content (AvgIpc) is 3.08. The van der Waals surface area contributed by atoms with Crippen molar-refractivity contribution in [2.75, 3.05) is 5.32 Å². The van der Waals surface area contributed by atoms with Gasteiger partial charge in [-0.15, -0.1) is 0 Å². The summed E-state index contributed by atoms with van der Waals surface area (Å²) in [7, 11) is 0. The molecule has 0 aliphatic heterocycles. The number of aryl methyl sites for hydroxylation is 1. The standard InChI is InChI=1S/C24H28N8O6/c1-11-9-23(11,21(25)34)32-20-15(12(2)29-32)5-6-18(28-20)27-19-8-16-17(10-26-19)31(24(36,37)38)22(35)30(16)13-3-4-14(33)7-13/h5-6,8,10-11,13-14,33,36-38H,3-4,7,9H2,1-2H3,(H2,25,34)(H,26,27,28). The lowest BCUT2D eigenvalue weighted by Crippen LogP contribution is -2.41. The Morgan fingerprint density at radius 3 is 2.55 bits per heavy atom. The van der Waals surface area contributed by atoms with Gasteiger partial charge in [-0.05, 0) is 50.7 Å². The second-order valence-electron chi connectivity index (χ2n) is 10.4. The first-order chi connectivity index (χ1) is 17.9. The van der Waals surface area contributed by atoms with Gasteiger partial charge in [-0.3, -0.25) is 9.36 Å². The molecule has 4 aromatic rings. The highest BCUT2D eigenvalue weighted by atomic mass is 16.7. The van der Waals surface area contributed by atoms with E-state index in [0.717, 1.165) is 5.39 Å². The zero-order chi connectivity index (χ0) is 27.1. The van der Waals surface area contributed by atoms with Crippen molar-refractivity contribution in [3.8, 4) is 0 Å². The molecule has 4 aromatic heterocycles. The lowest BCUT2D eigenvalue weighted by atomic mass is 10.2. The van der Waals surface area contributed by atoms with E-state index in [0.29, 0.717) is 53.2 Å². The maximum Gasteiger partial charge on any atom is 0.377 e. The molecule has 2 aliphatic rings. The van der Waals surface area contributed by atoms with Crippen molar-refractivity contribution >= 4 is 39.6 Å². The molecule has 0 radical (unpaired) electrons. The summed E-state index contributed by atoms with van der Waals surface area (Å²) in [6.07, 6.45) is -0.919. The van der Waals surface area contributed by atoms with E-state index in [2.05, 4.69) is 20.4 Å². The molecule has 7 N–H and O–H groups in total. The summed E-state index contributed by atoms with van der Waals surface area (Å²) in [6.45, 7) is 3.77. The fourth-order valence-electron chi connectivity index (χ4n) is 5.77. The van der Waals surface area contributed by atoms with Crippen LogP contribution in [0, 0.1) is 12.8 Å². The molecule has 0 bridgehead atoms. The molecule has 1 amide bonds. The van der Waals surface area contributed by atoms with Crippen LogP contribution in [0.3, 0.4) is 0 Å². The molecule has 2 aliphatic carbocycles. The number of hydrogen-bond donors (Lipinski definition) is 6. The fourth-order valence-corrected chi connectivity index (χ4v) is 5.77. The number of amides is 1. The van der Waals surface area contributed by atoms with Crippen molar-refractivity contribution in [3.63, 3.8) is 0 Å². The van der Waals surface area contributed by atoms with Crippen LogP contribution in [0.1, 0.15) is 44.3 Å². The van der Waals surface area contributed by atoms with E-state index in [1.807, 2.05) is 19.9 Å². The van der Waals surface area contributed by atoms with Crippen molar-refractivity contribution in [3.05, 3.63) is 40.6 Å². The van der Waals surface area contributed by atoms with Crippen LogP contribution in [0.15, 0.2) is 29.2 Å². The molecule has 200 valence electrons. The number of anilines is 2. The maximum atomic E-state index is 13.1. The quantitative estimate of drug-likeness (QED) is 0.184. The van der Waals surface area contributed by atoms with Crippen LogP contribution >= 0.6 is 0 Å². The number of carbonyl (C=O) groups is 1. The number of hydrogen-bond acceptors (Lipinski definition) is 10. The monoisotopic (exact) mass is 524 g/mol. The van der Waals surface area contributed by atoms with E-state index in [1.165, 1.54) is 16.8 Å². The van der Waals surface area contributed by atoms with Gasteiger partial charge in [-0.1, -0.05) is 6.92 Å². The Morgan fingerprint density at radius 1 is 1.21 bits per heavy atom. The Balaban J connectivity index is 1.44. The van der Waals surface area contributed by atoms with Gasteiger partial charge in [0.05, 0.1) is 29.0 Å². The highest BCUT2D eigenvalue weighted by Crippen LogP contribution is 2.50. The SMILES string of the molecule is Cc1nn(C2(C(N)=O)CC2C)c2nc(Nc3cc4c(cn3)n(C(O)(O)O)c(=O)n4C3CCC(O)C3)ccc12. The number of fused-ring (bicyclic) bond motifs is 2. The first kappa shape index (κ1) is 24.5. The number of carbonyl (C=O) groups excluding carboxylic acids is 1. The first-order valence-electron chi connectivity index (χ1n) is 12.3. The molecule has 4 heterocycles. The number of nitrogens with zero attached hydrogens (tertiary/aromatic N) is 6. The second-order valence-corrected chi connectivity index (χ2v) is 10.4. The van der Waals surface area contributed by atoms with Gasteiger partial charge >= 0.3 is 11.8 Å². The Hall–Kier alpha value is -3.85. The number of aliphatic hydroxyl groups is 4. The van der Waals surface area contributed by atoms with Gasteiger partial charge in [-0.2, -0.15) is 5.10 Å². The van der Waals surface area contributed by atoms with Gasteiger partial charge in [-0.25, -0.2) is 24.0 Å². The zero-order valence-electron chi connectivity index (χ0n) is 20.7. The molecule has 0 spiro atoms. The lowest BCUT2D eigenvalue weighted by Gasteiger charge is -2.15. The van der Waals surface area contributed by atoms with Crippen LogP contribution in [0.4, 0.5) is 11.6 Å². The van der Waals surface area contributed by atoms with Crippen molar-refractivity contribution in [1.29, 1.82) is 0 Å². The van der Waals surface area contributed by atoms with E-state index in [4.69, 9.17) is 5.73 Å². The fraction of sp³-hybridized carbons (Fsp3) is 0.458. The van der Waals surface area contributed by atoms with E-state index in [-0.39, 0.29) is 17.0 Å². The normalized spacial score (nSPS) is 25.4. The van der Waals surface area contributed by atoms with Gasteiger partial charge < -0.3 is 31.5 Å². The molecule has 38 heavy (non-hydrogen) atoms. The largest absolute Gasteiger partial charge is 0.393 e. The topological polar surface area (TPSA) is 207 Å². The molecule has 2 saturated carbocycles. The van der Waals surface area contributed by atoms with E-state index in [1.54, 1.807) is 10.7 Å². The van der Waals surface area contributed by atoms with Crippen LogP contribution in [-0.4, -0.2) is 61.3 Å². The number of imidazole rings is 1.